The lowest BCUT2D eigenvalue weighted by Gasteiger charge is -2.37. The van der Waals surface area contributed by atoms with Gasteiger partial charge in [-0.15, -0.1) is 0 Å². The van der Waals surface area contributed by atoms with E-state index in [-0.39, 0.29) is 24.7 Å². The summed E-state index contributed by atoms with van der Waals surface area (Å²) in [7, 11) is 3.71. The molecule has 0 aromatic heterocycles. The predicted octanol–water partition coefficient (Wildman–Crippen LogP) is 3.44. The van der Waals surface area contributed by atoms with E-state index in [0.29, 0.717) is 5.75 Å². The molecule has 154 valence electrons. The van der Waals surface area contributed by atoms with Crippen molar-refractivity contribution in [3.8, 4) is 5.75 Å². The Bertz CT molecular complexity index is 907. The third kappa shape index (κ3) is 3.96. The van der Waals surface area contributed by atoms with Crippen LogP contribution in [0.1, 0.15) is 13.8 Å². The number of morpholine rings is 1. The van der Waals surface area contributed by atoms with Crippen molar-refractivity contribution >= 4 is 34.3 Å². The Morgan fingerprint density at radius 1 is 1.00 bits per heavy atom. The Kier molecular flexibility index (Phi) is 5.24. The van der Waals surface area contributed by atoms with Gasteiger partial charge in [-0.05, 0) is 44.2 Å². The summed E-state index contributed by atoms with van der Waals surface area (Å²) in [6.45, 7) is 6.05. The van der Waals surface area contributed by atoms with Gasteiger partial charge in [-0.1, -0.05) is 0 Å². The number of rotatable bonds is 4. The molecule has 2 unspecified atom stereocenters. The summed E-state index contributed by atoms with van der Waals surface area (Å²) in [5.41, 5.74) is 4.92. The maximum absolute atomic E-state index is 11.8. The van der Waals surface area contributed by atoms with Gasteiger partial charge in [-0.2, -0.15) is 0 Å². The molecule has 2 aliphatic rings. The van der Waals surface area contributed by atoms with E-state index in [0.717, 1.165) is 35.8 Å². The fourth-order valence-electron chi connectivity index (χ4n) is 3.99. The highest BCUT2D eigenvalue weighted by Crippen LogP contribution is 2.36. The van der Waals surface area contributed by atoms with Crippen molar-refractivity contribution in [3.05, 3.63) is 36.4 Å². The molecule has 0 radical (unpaired) electrons. The standard InChI is InChI=1S/C22H28N4O3/c1-14-11-26(12-15(2)29-14)19-7-5-16(9-18(19)23-3)24-17-6-8-20-21(10-17)28-13-22(27)25(20)4/h5-10,14-15,23-24H,11-13H2,1-4H3. The van der Waals surface area contributed by atoms with Gasteiger partial charge in [0.15, 0.2) is 6.61 Å². The Morgan fingerprint density at radius 3 is 2.34 bits per heavy atom. The summed E-state index contributed by atoms with van der Waals surface area (Å²) in [6, 6.07) is 12.1. The van der Waals surface area contributed by atoms with E-state index in [2.05, 4.69) is 47.6 Å². The van der Waals surface area contributed by atoms with E-state index in [9.17, 15) is 4.79 Å². The van der Waals surface area contributed by atoms with E-state index in [4.69, 9.17) is 9.47 Å². The SMILES string of the molecule is CNc1cc(Nc2ccc3c(c2)OCC(=O)N3C)ccc1N1CC(C)OC(C)C1. The highest BCUT2D eigenvalue weighted by molar-refractivity contribution is 5.97. The molecule has 1 saturated heterocycles. The van der Waals surface area contributed by atoms with Crippen LogP contribution < -0.4 is 25.2 Å². The van der Waals surface area contributed by atoms with Crippen molar-refractivity contribution in [3.63, 3.8) is 0 Å². The molecule has 0 spiro atoms. The molecule has 2 heterocycles. The van der Waals surface area contributed by atoms with Gasteiger partial charge in [0.2, 0.25) is 0 Å². The van der Waals surface area contributed by atoms with Crippen LogP contribution in [0.25, 0.3) is 0 Å². The molecule has 2 N–H and O–H groups in total. The third-order valence-corrected chi connectivity index (χ3v) is 5.36. The van der Waals surface area contributed by atoms with Gasteiger partial charge in [0.05, 0.1) is 29.3 Å². The fraction of sp³-hybridized carbons (Fsp3) is 0.409. The lowest BCUT2D eigenvalue weighted by Crippen LogP contribution is -2.45. The zero-order chi connectivity index (χ0) is 20.5. The first kappa shape index (κ1) is 19.4. The average Bonchev–Trinajstić information content (AvgIpc) is 2.70. The maximum atomic E-state index is 11.8. The minimum absolute atomic E-state index is 0.0424. The molecule has 4 rings (SSSR count). The van der Waals surface area contributed by atoms with Gasteiger partial charge < -0.3 is 29.9 Å². The molecule has 0 aliphatic carbocycles. The number of ether oxygens (including phenoxy) is 2. The van der Waals surface area contributed by atoms with E-state index < -0.39 is 0 Å². The van der Waals surface area contributed by atoms with Gasteiger partial charge >= 0.3 is 0 Å². The first-order valence-corrected chi connectivity index (χ1v) is 9.97. The normalized spacial score (nSPS) is 21.4. The minimum atomic E-state index is -0.0424. The monoisotopic (exact) mass is 396 g/mol. The van der Waals surface area contributed by atoms with Crippen LogP contribution in [0.15, 0.2) is 36.4 Å². The number of amides is 1. The molecule has 1 amide bonds. The molecule has 0 bridgehead atoms. The zero-order valence-corrected chi connectivity index (χ0v) is 17.4. The van der Waals surface area contributed by atoms with E-state index in [1.54, 1.807) is 11.9 Å². The molecule has 2 atom stereocenters. The number of nitrogens with zero attached hydrogens (tertiary/aromatic N) is 2. The van der Waals surface area contributed by atoms with Crippen LogP contribution in [0.4, 0.5) is 28.4 Å². The van der Waals surface area contributed by atoms with Crippen molar-refractivity contribution in [1.29, 1.82) is 0 Å². The van der Waals surface area contributed by atoms with E-state index in [1.807, 2.05) is 25.2 Å². The summed E-state index contributed by atoms with van der Waals surface area (Å²) in [6.07, 6.45) is 0.420. The summed E-state index contributed by atoms with van der Waals surface area (Å²) >= 11 is 0. The van der Waals surface area contributed by atoms with E-state index >= 15 is 0 Å². The van der Waals surface area contributed by atoms with Gasteiger partial charge in [0, 0.05) is 44.6 Å². The average molecular weight is 396 g/mol. The van der Waals surface area contributed by atoms with Crippen molar-refractivity contribution in [2.24, 2.45) is 0 Å². The number of hydrogen-bond donors (Lipinski definition) is 2. The van der Waals surface area contributed by atoms with E-state index in [1.165, 1.54) is 5.69 Å². The number of carbonyl (C=O) groups excluding carboxylic acids is 1. The predicted molar refractivity (Wildman–Crippen MR) is 117 cm³/mol. The summed E-state index contributed by atoms with van der Waals surface area (Å²) < 4.78 is 11.4. The Labute approximate surface area is 171 Å². The van der Waals surface area contributed by atoms with Gasteiger partial charge in [-0.25, -0.2) is 0 Å². The maximum Gasteiger partial charge on any atom is 0.264 e. The lowest BCUT2D eigenvalue weighted by atomic mass is 10.1. The summed E-state index contributed by atoms with van der Waals surface area (Å²) in [5, 5.41) is 6.75. The number of anilines is 5. The van der Waals surface area contributed by atoms with Crippen LogP contribution in [0, 0.1) is 0 Å². The largest absolute Gasteiger partial charge is 0.481 e. The van der Waals surface area contributed by atoms with Crippen LogP contribution in [-0.4, -0.2) is 51.9 Å². The van der Waals surface area contributed by atoms with Crippen LogP contribution in [0.3, 0.4) is 0 Å². The molecular formula is C22H28N4O3. The van der Waals surface area contributed by atoms with Crippen molar-refractivity contribution in [2.45, 2.75) is 26.1 Å². The molecule has 7 nitrogen and oxygen atoms in total. The van der Waals surface area contributed by atoms with Crippen molar-refractivity contribution < 1.29 is 14.3 Å². The molecule has 29 heavy (non-hydrogen) atoms. The first-order valence-electron chi connectivity index (χ1n) is 9.97. The number of fused-ring (bicyclic) bond motifs is 1. The van der Waals surface area contributed by atoms with Gasteiger partial charge in [-0.3, -0.25) is 4.79 Å². The van der Waals surface area contributed by atoms with Crippen LogP contribution >= 0.6 is 0 Å². The second kappa shape index (κ2) is 7.83. The summed E-state index contributed by atoms with van der Waals surface area (Å²) in [5.74, 6) is 0.665. The molecular weight excluding hydrogens is 368 g/mol. The second-order valence-electron chi connectivity index (χ2n) is 7.69. The molecule has 2 aliphatic heterocycles. The number of nitrogens with one attached hydrogen (secondary N) is 2. The number of benzene rings is 2. The molecule has 2 aromatic carbocycles. The Balaban J connectivity index is 1.55. The highest BCUT2D eigenvalue weighted by Gasteiger charge is 2.24. The second-order valence-corrected chi connectivity index (χ2v) is 7.69. The van der Waals surface area contributed by atoms with Gasteiger partial charge in [0.1, 0.15) is 5.75 Å². The molecule has 7 heteroatoms. The smallest absolute Gasteiger partial charge is 0.264 e. The first-order chi connectivity index (χ1) is 13.9. The quantitative estimate of drug-likeness (QED) is 0.825. The lowest BCUT2D eigenvalue weighted by molar-refractivity contribution is -0.120. The van der Waals surface area contributed by atoms with Crippen LogP contribution in [-0.2, 0) is 9.53 Å². The summed E-state index contributed by atoms with van der Waals surface area (Å²) in [4.78, 5) is 15.8. The van der Waals surface area contributed by atoms with Gasteiger partial charge in [0.25, 0.3) is 5.91 Å². The van der Waals surface area contributed by atoms with Crippen LogP contribution in [0.5, 0.6) is 5.75 Å². The van der Waals surface area contributed by atoms with Crippen molar-refractivity contribution in [2.75, 3.05) is 54.2 Å². The number of likely N-dealkylation sites (N-methyl/N-ethyl adjacent to an activating group) is 1. The Hall–Kier alpha value is -2.93. The minimum Gasteiger partial charge on any atom is -0.481 e. The van der Waals surface area contributed by atoms with Crippen molar-refractivity contribution in [1.82, 2.24) is 0 Å². The molecule has 1 fully saturated rings. The Morgan fingerprint density at radius 2 is 1.66 bits per heavy atom. The third-order valence-electron chi connectivity index (χ3n) is 5.36. The fourth-order valence-corrected chi connectivity index (χ4v) is 3.99. The number of carbonyl (C=O) groups is 1. The number of hydrogen-bond acceptors (Lipinski definition) is 6. The highest BCUT2D eigenvalue weighted by atomic mass is 16.5. The topological polar surface area (TPSA) is 66.1 Å². The molecule has 2 aromatic rings. The van der Waals surface area contributed by atoms with Crippen LogP contribution in [0.2, 0.25) is 0 Å². The zero-order valence-electron chi connectivity index (χ0n) is 17.4. The molecule has 0 saturated carbocycles.